The van der Waals surface area contributed by atoms with Crippen molar-refractivity contribution in [3.63, 3.8) is 0 Å². The summed E-state index contributed by atoms with van der Waals surface area (Å²) >= 11 is 7.78. The topological polar surface area (TPSA) is 43.3 Å². The molecule has 1 unspecified atom stereocenters. The Bertz CT molecular complexity index is 660. The lowest BCUT2D eigenvalue weighted by molar-refractivity contribution is 0.656. The maximum Gasteiger partial charge on any atom is 0.193 e. The van der Waals surface area contributed by atoms with Crippen LogP contribution in [0.4, 0.5) is 0 Å². The molecule has 0 amide bonds. The number of nitrogens with two attached hydrogens (primary N) is 1. The van der Waals surface area contributed by atoms with Crippen LogP contribution in [-0.2, 0) is 12.8 Å². The zero-order valence-electron chi connectivity index (χ0n) is 10.3. The third kappa shape index (κ3) is 2.81. The van der Waals surface area contributed by atoms with E-state index in [2.05, 4.69) is 4.98 Å². The summed E-state index contributed by atoms with van der Waals surface area (Å²) in [6.07, 6.45) is 5.58. The van der Waals surface area contributed by atoms with E-state index in [0.717, 1.165) is 34.1 Å². The van der Waals surface area contributed by atoms with E-state index < -0.39 is 0 Å². The number of rotatable bonds is 4. The Kier molecular flexibility index (Phi) is 3.55. The molecule has 2 N–H and O–H groups in total. The van der Waals surface area contributed by atoms with Gasteiger partial charge in [0.1, 0.15) is 0 Å². The molecule has 0 aliphatic carbocycles. The van der Waals surface area contributed by atoms with Gasteiger partial charge in [0.05, 0.1) is 5.69 Å². The fraction of sp³-hybridized carbons (Fsp3) is 0.214. The summed E-state index contributed by atoms with van der Waals surface area (Å²) in [5.74, 6) is 0. The van der Waals surface area contributed by atoms with Crippen LogP contribution in [0.5, 0.6) is 0 Å². The SMILES string of the molecule is NC(Cc1cn2ccsc2n1)Cc1ccccc1Cl. The van der Waals surface area contributed by atoms with Gasteiger partial charge in [-0.3, -0.25) is 4.40 Å². The molecule has 1 aromatic carbocycles. The average Bonchev–Trinajstić information content (AvgIpc) is 2.92. The summed E-state index contributed by atoms with van der Waals surface area (Å²) in [6, 6.07) is 7.87. The van der Waals surface area contributed by atoms with Gasteiger partial charge in [0.15, 0.2) is 4.96 Å². The van der Waals surface area contributed by atoms with Crippen molar-refractivity contribution in [3.05, 3.63) is 58.3 Å². The fourth-order valence-electron chi connectivity index (χ4n) is 2.16. The summed E-state index contributed by atoms with van der Waals surface area (Å²) in [5.41, 5.74) is 8.32. The largest absolute Gasteiger partial charge is 0.327 e. The van der Waals surface area contributed by atoms with E-state index in [1.807, 2.05) is 46.4 Å². The zero-order chi connectivity index (χ0) is 13.2. The molecule has 2 heterocycles. The minimum Gasteiger partial charge on any atom is -0.327 e. The van der Waals surface area contributed by atoms with Gasteiger partial charge in [-0.2, -0.15) is 0 Å². The summed E-state index contributed by atoms with van der Waals surface area (Å²) in [4.78, 5) is 5.56. The standard InChI is InChI=1S/C14H14ClN3S/c15-13-4-2-1-3-10(13)7-11(16)8-12-9-18-5-6-19-14(18)17-12/h1-6,9,11H,7-8,16H2. The van der Waals surface area contributed by atoms with Gasteiger partial charge in [-0.25, -0.2) is 4.98 Å². The van der Waals surface area contributed by atoms with E-state index in [9.17, 15) is 0 Å². The number of nitrogens with zero attached hydrogens (tertiary/aromatic N) is 2. The third-order valence-corrected chi connectivity index (χ3v) is 4.19. The Balaban J connectivity index is 1.70. The Hall–Kier alpha value is -1.36. The number of aromatic nitrogens is 2. The molecule has 0 saturated carbocycles. The molecule has 0 saturated heterocycles. The van der Waals surface area contributed by atoms with Crippen molar-refractivity contribution in [2.75, 3.05) is 0 Å². The lowest BCUT2D eigenvalue weighted by Crippen LogP contribution is -2.25. The highest BCUT2D eigenvalue weighted by Gasteiger charge is 2.10. The second kappa shape index (κ2) is 5.33. The van der Waals surface area contributed by atoms with Crippen LogP contribution in [0.1, 0.15) is 11.3 Å². The van der Waals surface area contributed by atoms with E-state index in [4.69, 9.17) is 17.3 Å². The van der Waals surface area contributed by atoms with Gasteiger partial charge in [0.2, 0.25) is 0 Å². The Morgan fingerprint density at radius 2 is 2.16 bits per heavy atom. The van der Waals surface area contributed by atoms with Crippen molar-refractivity contribution in [1.29, 1.82) is 0 Å². The highest BCUT2D eigenvalue weighted by Crippen LogP contribution is 2.18. The molecule has 0 radical (unpaired) electrons. The molecule has 0 fully saturated rings. The number of thiazole rings is 1. The first kappa shape index (κ1) is 12.7. The Labute approximate surface area is 120 Å². The molecular weight excluding hydrogens is 278 g/mol. The Morgan fingerprint density at radius 1 is 1.32 bits per heavy atom. The van der Waals surface area contributed by atoms with Crippen LogP contribution in [0.2, 0.25) is 5.02 Å². The number of hydrogen-bond donors (Lipinski definition) is 1. The van der Waals surface area contributed by atoms with Crippen LogP contribution < -0.4 is 5.73 Å². The molecule has 98 valence electrons. The maximum absolute atomic E-state index is 6.19. The lowest BCUT2D eigenvalue weighted by atomic mass is 10.0. The molecule has 0 spiro atoms. The average molecular weight is 292 g/mol. The van der Waals surface area contributed by atoms with Crippen molar-refractivity contribution in [2.45, 2.75) is 18.9 Å². The number of benzene rings is 1. The van der Waals surface area contributed by atoms with E-state index in [-0.39, 0.29) is 6.04 Å². The van der Waals surface area contributed by atoms with Gasteiger partial charge in [0, 0.05) is 35.3 Å². The van der Waals surface area contributed by atoms with Crippen molar-refractivity contribution in [3.8, 4) is 0 Å². The molecular formula is C14H14ClN3S. The van der Waals surface area contributed by atoms with Crippen LogP contribution in [0, 0.1) is 0 Å². The summed E-state index contributed by atoms with van der Waals surface area (Å²) in [5, 5.41) is 2.80. The predicted octanol–water partition coefficient (Wildman–Crippen LogP) is 3.16. The van der Waals surface area contributed by atoms with Crippen molar-refractivity contribution >= 4 is 27.9 Å². The molecule has 0 aliphatic heterocycles. The molecule has 2 aromatic heterocycles. The van der Waals surface area contributed by atoms with Gasteiger partial charge in [0.25, 0.3) is 0 Å². The first-order valence-corrected chi connectivity index (χ1v) is 7.38. The van der Waals surface area contributed by atoms with Crippen LogP contribution in [-0.4, -0.2) is 15.4 Å². The molecule has 1 atom stereocenters. The van der Waals surface area contributed by atoms with Crippen molar-refractivity contribution < 1.29 is 0 Å². The highest BCUT2D eigenvalue weighted by molar-refractivity contribution is 7.15. The summed E-state index contributed by atoms with van der Waals surface area (Å²) < 4.78 is 2.03. The minimum atomic E-state index is 0.0320. The monoisotopic (exact) mass is 291 g/mol. The normalized spacial score (nSPS) is 12.9. The molecule has 3 rings (SSSR count). The van der Waals surface area contributed by atoms with Gasteiger partial charge < -0.3 is 5.73 Å². The quantitative estimate of drug-likeness (QED) is 0.802. The second-order valence-corrected chi connectivity index (χ2v) is 5.87. The summed E-state index contributed by atoms with van der Waals surface area (Å²) in [7, 11) is 0. The molecule has 5 heteroatoms. The number of imidazole rings is 1. The van der Waals surface area contributed by atoms with E-state index in [1.54, 1.807) is 11.3 Å². The van der Waals surface area contributed by atoms with Crippen molar-refractivity contribution in [1.82, 2.24) is 9.38 Å². The molecule has 19 heavy (non-hydrogen) atoms. The molecule has 3 aromatic rings. The molecule has 3 nitrogen and oxygen atoms in total. The van der Waals surface area contributed by atoms with Gasteiger partial charge in [-0.15, -0.1) is 11.3 Å². The van der Waals surface area contributed by atoms with Gasteiger partial charge >= 0.3 is 0 Å². The van der Waals surface area contributed by atoms with Crippen LogP contribution in [0.25, 0.3) is 4.96 Å². The number of fused-ring (bicyclic) bond motifs is 1. The highest BCUT2D eigenvalue weighted by atomic mass is 35.5. The van der Waals surface area contributed by atoms with E-state index >= 15 is 0 Å². The summed E-state index contributed by atoms with van der Waals surface area (Å²) in [6.45, 7) is 0. The van der Waals surface area contributed by atoms with Crippen LogP contribution in [0.15, 0.2) is 42.0 Å². The predicted molar refractivity (Wildman–Crippen MR) is 79.9 cm³/mol. The van der Waals surface area contributed by atoms with E-state index in [0.29, 0.717) is 0 Å². The van der Waals surface area contributed by atoms with Crippen LogP contribution in [0.3, 0.4) is 0 Å². The smallest absolute Gasteiger partial charge is 0.193 e. The first-order chi connectivity index (χ1) is 9.22. The van der Waals surface area contributed by atoms with Crippen LogP contribution >= 0.6 is 22.9 Å². The van der Waals surface area contributed by atoms with Gasteiger partial charge in [-0.1, -0.05) is 29.8 Å². The number of hydrogen-bond acceptors (Lipinski definition) is 3. The number of halogens is 1. The van der Waals surface area contributed by atoms with Crippen molar-refractivity contribution in [2.24, 2.45) is 5.73 Å². The fourth-order valence-corrected chi connectivity index (χ4v) is 3.09. The Morgan fingerprint density at radius 3 is 2.95 bits per heavy atom. The molecule has 0 bridgehead atoms. The zero-order valence-corrected chi connectivity index (χ0v) is 11.9. The maximum atomic E-state index is 6.19. The van der Waals surface area contributed by atoms with Gasteiger partial charge in [-0.05, 0) is 18.1 Å². The minimum absolute atomic E-state index is 0.0320. The molecule has 0 aliphatic rings. The second-order valence-electron chi connectivity index (χ2n) is 4.58. The van der Waals surface area contributed by atoms with E-state index in [1.165, 1.54) is 0 Å². The lowest BCUT2D eigenvalue weighted by Gasteiger charge is -2.11. The third-order valence-electron chi connectivity index (χ3n) is 3.05. The first-order valence-electron chi connectivity index (χ1n) is 6.12.